The summed E-state index contributed by atoms with van der Waals surface area (Å²) in [7, 11) is -4.00. The lowest BCUT2D eigenvalue weighted by Crippen LogP contribution is -2.64. The number of rotatable bonds is 6. The number of nitrogens with one attached hydrogen (secondary N) is 1. The maximum Gasteiger partial charge on any atom is 0.264 e. The number of aromatic nitrogens is 1. The highest BCUT2D eigenvalue weighted by Crippen LogP contribution is 2.30. The van der Waals surface area contributed by atoms with E-state index in [-0.39, 0.29) is 18.0 Å². The van der Waals surface area contributed by atoms with Gasteiger partial charge < -0.3 is 9.47 Å². The third-order valence-corrected chi connectivity index (χ3v) is 6.55. The van der Waals surface area contributed by atoms with Crippen molar-refractivity contribution < 1.29 is 27.9 Å². The van der Waals surface area contributed by atoms with Gasteiger partial charge in [-0.1, -0.05) is 0 Å². The van der Waals surface area contributed by atoms with Crippen LogP contribution in [0.4, 0.5) is 0 Å². The first-order valence-electron chi connectivity index (χ1n) is 8.97. The van der Waals surface area contributed by atoms with Crippen molar-refractivity contribution in [1.29, 1.82) is 0 Å². The molecule has 29 heavy (non-hydrogen) atoms. The molecule has 0 spiro atoms. The highest BCUT2D eigenvalue weighted by Gasteiger charge is 2.48. The molecule has 3 rings (SSSR count). The van der Waals surface area contributed by atoms with Gasteiger partial charge in [-0.05, 0) is 55.8 Å². The van der Waals surface area contributed by atoms with Gasteiger partial charge in [-0.2, -0.15) is 4.31 Å². The van der Waals surface area contributed by atoms with Crippen LogP contribution in [0.3, 0.4) is 0 Å². The molecule has 0 bridgehead atoms. The Kier molecular flexibility index (Phi) is 6.18. The average molecular weight is 421 g/mol. The first-order chi connectivity index (χ1) is 13.8. The van der Waals surface area contributed by atoms with Crippen LogP contribution in [0.2, 0.25) is 0 Å². The van der Waals surface area contributed by atoms with Crippen LogP contribution in [0, 0.1) is 0 Å². The lowest BCUT2D eigenvalue weighted by Gasteiger charge is -2.43. The van der Waals surface area contributed by atoms with E-state index in [2.05, 4.69) is 4.98 Å². The molecule has 0 aliphatic carbocycles. The van der Waals surface area contributed by atoms with Gasteiger partial charge in [-0.15, -0.1) is 0 Å². The Morgan fingerprint density at radius 1 is 1.28 bits per heavy atom. The normalized spacial score (nSPS) is 19.5. The van der Waals surface area contributed by atoms with Crippen LogP contribution in [0.15, 0.2) is 53.7 Å². The van der Waals surface area contributed by atoms with E-state index >= 15 is 0 Å². The number of hydroxylamine groups is 1. The minimum Gasteiger partial charge on any atom is -0.489 e. The van der Waals surface area contributed by atoms with Crippen LogP contribution in [0.25, 0.3) is 0 Å². The zero-order valence-electron chi connectivity index (χ0n) is 16.1. The van der Waals surface area contributed by atoms with Crippen LogP contribution in [0.1, 0.15) is 19.4 Å². The quantitative estimate of drug-likeness (QED) is 0.534. The molecule has 1 aliphatic rings. The zero-order chi connectivity index (χ0) is 21.1. The monoisotopic (exact) mass is 421 g/mol. The van der Waals surface area contributed by atoms with Gasteiger partial charge in [0, 0.05) is 18.9 Å². The molecule has 2 aromatic rings. The maximum absolute atomic E-state index is 13.2. The summed E-state index contributed by atoms with van der Waals surface area (Å²) in [6.45, 7) is 3.65. The first-order valence-corrected chi connectivity index (χ1v) is 10.4. The Balaban J connectivity index is 1.80. The molecule has 10 heteroatoms. The van der Waals surface area contributed by atoms with Gasteiger partial charge in [0.2, 0.25) is 10.0 Å². The maximum atomic E-state index is 13.2. The summed E-state index contributed by atoms with van der Waals surface area (Å²) in [5.41, 5.74) is 1.37. The molecule has 9 nitrogen and oxygen atoms in total. The topological polar surface area (TPSA) is 118 Å². The number of hydrogen-bond donors (Lipinski definition) is 2. The number of carbonyl (C=O) groups is 1. The van der Waals surface area contributed by atoms with Crippen molar-refractivity contribution >= 4 is 15.9 Å². The molecular weight excluding hydrogens is 398 g/mol. The molecule has 1 amide bonds. The molecule has 156 valence electrons. The summed E-state index contributed by atoms with van der Waals surface area (Å²) in [4.78, 5) is 16.1. The van der Waals surface area contributed by atoms with Crippen LogP contribution < -0.4 is 10.2 Å². The number of ether oxygens (including phenoxy) is 2. The Morgan fingerprint density at radius 2 is 1.93 bits per heavy atom. The fourth-order valence-electron chi connectivity index (χ4n) is 3.21. The second kappa shape index (κ2) is 8.46. The number of morpholine rings is 1. The van der Waals surface area contributed by atoms with Crippen molar-refractivity contribution in [1.82, 2.24) is 14.8 Å². The summed E-state index contributed by atoms with van der Waals surface area (Å²) >= 11 is 0. The fourth-order valence-corrected chi connectivity index (χ4v) is 4.90. The van der Waals surface area contributed by atoms with Gasteiger partial charge in [0.25, 0.3) is 5.91 Å². The predicted octanol–water partition coefficient (Wildman–Crippen LogP) is 1.33. The van der Waals surface area contributed by atoms with E-state index in [1.807, 2.05) is 12.1 Å². The molecule has 1 saturated heterocycles. The summed E-state index contributed by atoms with van der Waals surface area (Å²) < 4.78 is 38.6. The minimum atomic E-state index is -4.00. The van der Waals surface area contributed by atoms with E-state index < -0.39 is 27.6 Å². The number of nitrogens with zero attached hydrogens (tertiary/aromatic N) is 2. The van der Waals surface area contributed by atoms with Crippen molar-refractivity contribution in [2.45, 2.75) is 37.0 Å². The highest BCUT2D eigenvalue weighted by molar-refractivity contribution is 7.89. The van der Waals surface area contributed by atoms with Gasteiger partial charge in [0.1, 0.15) is 18.4 Å². The molecule has 0 saturated carbocycles. The second-order valence-corrected chi connectivity index (χ2v) is 8.95. The molecule has 1 aromatic carbocycles. The van der Waals surface area contributed by atoms with E-state index in [1.54, 1.807) is 38.4 Å². The standard InChI is InChI=1S/C19H23N3O6S/c1-19(2)17(18(23)21-24)22(11-12-28-19)29(25,26)16-5-3-15(4-6-16)27-13-14-7-9-20-10-8-14/h3-10,17,24H,11-13H2,1-2H3,(H,21,23)/t17-/m0/s1. The molecule has 2 N–H and O–H groups in total. The molecule has 1 aromatic heterocycles. The molecule has 1 fully saturated rings. The van der Waals surface area contributed by atoms with Gasteiger partial charge in [-0.25, -0.2) is 13.9 Å². The Bertz CT molecular complexity index is 948. The third kappa shape index (κ3) is 4.56. The predicted molar refractivity (Wildman–Crippen MR) is 103 cm³/mol. The largest absolute Gasteiger partial charge is 0.489 e. The van der Waals surface area contributed by atoms with Crippen molar-refractivity contribution in [3.63, 3.8) is 0 Å². The number of carbonyl (C=O) groups excluding carboxylic acids is 1. The molecule has 0 radical (unpaired) electrons. The van der Waals surface area contributed by atoms with Gasteiger partial charge in [0.05, 0.1) is 17.1 Å². The number of benzene rings is 1. The Hall–Kier alpha value is -2.53. The van der Waals surface area contributed by atoms with Crippen molar-refractivity contribution in [3.8, 4) is 5.75 Å². The summed E-state index contributed by atoms with van der Waals surface area (Å²) in [5.74, 6) is -0.344. The van der Waals surface area contributed by atoms with Crippen molar-refractivity contribution in [2.75, 3.05) is 13.2 Å². The fraction of sp³-hybridized carbons (Fsp3) is 0.368. The third-order valence-electron chi connectivity index (χ3n) is 4.68. The lowest BCUT2D eigenvalue weighted by atomic mass is 9.96. The summed E-state index contributed by atoms with van der Waals surface area (Å²) in [6, 6.07) is 8.40. The van der Waals surface area contributed by atoms with Crippen LogP contribution >= 0.6 is 0 Å². The number of hydrogen-bond acceptors (Lipinski definition) is 7. The molecule has 0 unspecified atom stereocenters. The van der Waals surface area contributed by atoms with Crippen LogP contribution in [-0.4, -0.2) is 53.6 Å². The van der Waals surface area contributed by atoms with E-state index in [1.165, 1.54) is 17.6 Å². The molecule has 1 atom stereocenters. The molecule has 1 aliphatic heterocycles. The zero-order valence-corrected chi connectivity index (χ0v) is 16.9. The summed E-state index contributed by atoms with van der Waals surface area (Å²) in [6.07, 6.45) is 3.33. The second-order valence-electron chi connectivity index (χ2n) is 7.06. The SMILES string of the molecule is CC1(C)OCCN(S(=O)(=O)c2ccc(OCc3ccncc3)cc2)[C@H]1C(=O)NO. The first kappa shape index (κ1) is 21.2. The van der Waals surface area contributed by atoms with Crippen LogP contribution in [0.5, 0.6) is 5.75 Å². The highest BCUT2D eigenvalue weighted by atomic mass is 32.2. The van der Waals surface area contributed by atoms with Gasteiger partial charge in [-0.3, -0.25) is 15.0 Å². The Labute approximate surface area is 169 Å². The van der Waals surface area contributed by atoms with Crippen LogP contribution in [-0.2, 0) is 26.2 Å². The van der Waals surface area contributed by atoms with Crippen molar-refractivity contribution in [2.24, 2.45) is 0 Å². The Morgan fingerprint density at radius 3 is 2.55 bits per heavy atom. The number of pyridine rings is 1. The van der Waals surface area contributed by atoms with E-state index in [0.717, 1.165) is 9.87 Å². The van der Waals surface area contributed by atoms with Crippen molar-refractivity contribution in [3.05, 3.63) is 54.4 Å². The smallest absolute Gasteiger partial charge is 0.264 e. The molecule has 2 heterocycles. The van der Waals surface area contributed by atoms with E-state index in [0.29, 0.717) is 12.4 Å². The lowest BCUT2D eigenvalue weighted by molar-refractivity contribution is -0.154. The van der Waals surface area contributed by atoms with E-state index in [9.17, 15) is 13.2 Å². The minimum absolute atomic E-state index is 0.00978. The number of sulfonamides is 1. The van der Waals surface area contributed by atoms with Gasteiger partial charge >= 0.3 is 0 Å². The average Bonchev–Trinajstić information content (AvgIpc) is 2.72. The number of amides is 1. The summed E-state index contributed by atoms with van der Waals surface area (Å²) in [5, 5.41) is 9.07. The van der Waals surface area contributed by atoms with Gasteiger partial charge in [0.15, 0.2) is 0 Å². The molecular formula is C19H23N3O6S. The van der Waals surface area contributed by atoms with E-state index in [4.69, 9.17) is 14.7 Å².